The molecule has 7 heteroatoms. The molecule has 0 spiro atoms. The van der Waals surface area contributed by atoms with Gasteiger partial charge in [-0.25, -0.2) is 4.98 Å². The lowest BCUT2D eigenvalue weighted by atomic mass is 10.3. The van der Waals surface area contributed by atoms with Crippen molar-refractivity contribution < 1.29 is 9.53 Å². The molecule has 1 amide bonds. The van der Waals surface area contributed by atoms with Crippen LogP contribution in [0.25, 0.3) is 0 Å². The van der Waals surface area contributed by atoms with Crippen molar-refractivity contribution >= 4 is 17.5 Å². The molecule has 0 radical (unpaired) electrons. The van der Waals surface area contributed by atoms with Gasteiger partial charge in [-0.15, -0.1) is 0 Å². The largest absolute Gasteiger partial charge is 0.481 e. The number of aromatic amines is 1. The quantitative estimate of drug-likeness (QED) is 0.919. The number of hydrogen-bond donors (Lipinski definition) is 1. The van der Waals surface area contributed by atoms with Crippen molar-refractivity contribution in [1.29, 1.82) is 0 Å². The van der Waals surface area contributed by atoms with Crippen LogP contribution in [0.15, 0.2) is 24.3 Å². The van der Waals surface area contributed by atoms with E-state index in [1.54, 1.807) is 38.2 Å². The van der Waals surface area contributed by atoms with Crippen molar-refractivity contribution in [1.82, 2.24) is 20.1 Å². The zero-order valence-corrected chi connectivity index (χ0v) is 12.9. The maximum Gasteiger partial charge on any atom is 0.263 e. The first-order valence-corrected chi connectivity index (χ1v) is 6.88. The number of halogens is 1. The summed E-state index contributed by atoms with van der Waals surface area (Å²) in [4.78, 5) is 17.9. The number of nitrogens with one attached hydrogen (secondary N) is 1. The second-order valence-electron chi connectivity index (χ2n) is 4.75. The molecule has 1 aromatic carbocycles. The van der Waals surface area contributed by atoms with Crippen molar-refractivity contribution in [2.75, 3.05) is 7.05 Å². The fraction of sp³-hybridized carbons (Fsp3) is 0.357. The van der Waals surface area contributed by atoms with Gasteiger partial charge in [-0.2, -0.15) is 5.10 Å². The van der Waals surface area contributed by atoms with Crippen LogP contribution in [-0.2, 0) is 11.3 Å². The molecule has 1 unspecified atom stereocenters. The third kappa shape index (κ3) is 4.19. The fourth-order valence-electron chi connectivity index (χ4n) is 1.83. The Kier molecular flexibility index (Phi) is 4.80. The highest BCUT2D eigenvalue weighted by Gasteiger charge is 2.20. The summed E-state index contributed by atoms with van der Waals surface area (Å²) in [5, 5.41) is 7.37. The van der Waals surface area contributed by atoms with Gasteiger partial charge in [0.05, 0.1) is 6.54 Å². The lowest BCUT2D eigenvalue weighted by Crippen LogP contribution is -2.37. The number of ether oxygens (including phenoxy) is 1. The number of hydrogen-bond acceptors (Lipinski definition) is 4. The molecule has 0 saturated heterocycles. The number of H-pyrrole nitrogens is 1. The van der Waals surface area contributed by atoms with Crippen LogP contribution in [0.4, 0.5) is 0 Å². The summed E-state index contributed by atoms with van der Waals surface area (Å²) in [6.45, 7) is 3.85. The summed E-state index contributed by atoms with van der Waals surface area (Å²) >= 11 is 5.81. The smallest absolute Gasteiger partial charge is 0.263 e. The van der Waals surface area contributed by atoms with Gasteiger partial charge < -0.3 is 9.64 Å². The lowest BCUT2D eigenvalue weighted by molar-refractivity contribution is -0.137. The van der Waals surface area contributed by atoms with E-state index in [1.807, 2.05) is 6.92 Å². The van der Waals surface area contributed by atoms with Gasteiger partial charge in [-0.05, 0) is 38.1 Å². The van der Waals surface area contributed by atoms with Gasteiger partial charge in [0.1, 0.15) is 11.6 Å². The number of carbonyl (C=O) groups excluding carboxylic acids is 1. The van der Waals surface area contributed by atoms with Crippen molar-refractivity contribution in [3.05, 3.63) is 40.9 Å². The van der Waals surface area contributed by atoms with Gasteiger partial charge >= 0.3 is 0 Å². The molecule has 0 fully saturated rings. The number of benzene rings is 1. The monoisotopic (exact) mass is 308 g/mol. The third-order valence-electron chi connectivity index (χ3n) is 2.87. The highest BCUT2D eigenvalue weighted by molar-refractivity contribution is 6.30. The van der Waals surface area contributed by atoms with Gasteiger partial charge in [-0.3, -0.25) is 9.89 Å². The van der Waals surface area contributed by atoms with Gasteiger partial charge in [0, 0.05) is 12.1 Å². The van der Waals surface area contributed by atoms with Crippen LogP contribution in [0.1, 0.15) is 18.6 Å². The molecular formula is C14H17ClN4O2. The SMILES string of the molecule is Cc1nc(CN(C)C(=O)C(C)Oc2ccc(Cl)cc2)n[nH]1. The number of aromatic nitrogens is 3. The molecule has 21 heavy (non-hydrogen) atoms. The van der Waals surface area contributed by atoms with Crippen molar-refractivity contribution in [2.24, 2.45) is 0 Å². The van der Waals surface area contributed by atoms with Gasteiger partial charge in [0.2, 0.25) is 0 Å². The topological polar surface area (TPSA) is 71.1 Å². The van der Waals surface area contributed by atoms with E-state index < -0.39 is 6.10 Å². The van der Waals surface area contributed by atoms with Gasteiger partial charge in [0.25, 0.3) is 5.91 Å². The summed E-state index contributed by atoms with van der Waals surface area (Å²) in [5.41, 5.74) is 0. The molecule has 112 valence electrons. The van der Waals surface area contributed by atoms with Crippen LogP contribution in [0.3, 0.4) is 0 Å². The fourth-order valence-corrected chi connectivity index (χ4v) is 1.95. The summed E-state index contributed by atoms with van der Waals surface area (Å²) in [7, 11) is 1.69. The second-order valence-corrected chi connectivity index (χ2v) is 5.18. The van der Waals surface area contributed by atoms with Gasteiger partial charge in [0.15, 0.2) is 11.9 Å². The molecule has 0 saturated carbocycles. The van der Waals surface area contributed by atoms with E-state index >= 15 is 0 Å². The number of likely N-dealkylation sites (N-methyl/N-ethyl adjacent to an activating group) is 1. The van der Waals surface area contributed by atoms with Crippen molar-refractivity contribution in [3.63, 3.8) is 0 Å². The van der Waals surface area contributed by atoms with Crippen LogP contribution >= 0.6 is 11.6 Å². The molecular weight excluding hydrogens is 292 g/mol. The van der Waals surface area contributed by atoms with E-state index in [4.69, 9.17) is 16.3 Å². The Balaban J connectivity index is 1.93. The Labute approximate surface area is 128 Å². The lowest BCUT2D eigenvalue weighted by Gasteiger charge is -2.21. The highest BCUT2D eigenvalue weighted by Crippen LogP contribution is 2.17. The first-order valence-electron chi connectivity index (χ1n) is 6.51. The first kappa shape index (κ1) is 15.3. The Bertz CT molecular complexity index is 612. The van der Waals surface area contributed by atoms with E-state index in [0.29, 0.717) is 23.1 Å². The number of aryl methyl sites for hydroxylation is 1. The Morgan fingerprint density at radius 3 is 2.67 bits per heavy atom. The molecule has 0 aliphatic carbocycles. The standard InChI is InChI=1S/C14H17ClN4O2/c1-9(21-12-6-4-11(15)5-7-12)14(20)19(3)8-13-16-10(2)17-18-13/h4-7,9H,8H2,1-3H3,(H,16,17,18). The van der Waals surface area contributed by atoms with Gasteiger partial charge in [-0.1, -0.05) is 11.6 Å². The molecule has 0 aliphatic rings. The minimum absolute atomic E-state index is 0.146. The molecule has 1 heterocycles. The molecule has 0 bridgehead atoms. The molecule has 1 aromatic heterocycles. The minimum atomic E-state index is -0.601. The van der Waals surface area contributed by atoms with Crippen molar-refractivity contribution in [3.8, 4) is 5.75 Å². The molecule has 6 nitrogen and oxygen atoms in total. The highest BCUT2D eigenvalue weighted by atomic mass is 35.5. The normalized spacial score (nSPS) is 12.0. The van der Waals surface area contributed by atoms with E-state index in [9.17, 15) is 4.79 Å². The Hall–Kier alpha value is -2.08. The Morgan fingerprint density at radius 1 is 1.43 bits per heavy atom. The zero-order chi connectivity index (χ0) is 15.4. The summed E-state index contributed by atoms with van der Waals surface area (Å²) in [6, 6.07) is 6.89. The summed E-state index contributed by atoms with van der Waals surface area (Å²) in [5.74, 6) is 1.74. The molecule has 1 N–H and O–H groups in total. The van der Waals surface area contributed by atoms with E-state index in [0.717, 1.165) is 5.82 Å². The average Bonchev–Trinajstić information content (AvgIpc) is 2.85. The minimum Gasteiger partial charge on any atom is -0.481 e. The number of amides is 1. The predicted octanol–water partition coefficient (Wildman–Crippen LogP) is 2.19. The van der Waals surface area contributed by atoms with Crippen LogP contribution < -0.4 is 4.74 Å². The van der Waals surface area contributed by atoms with E-state index in [-0.39, 0.29) is 5.91 Å². The van der Waals surface area contributed by atoms with Crippen LogP contribution in [0.2, 0.25) is 5.02 Å². The summed E-state index contributed by atoms with van der Waals surface area (Å²) in [6.07, 6.45) is -0.601. The molecule has 2 rings (SSSR count). The number of nitrogens with zero attached hydrogens (tertiary/aromatic N) is 3. The molecule has 1 atom stereocenters. The maximum atomic E-state index is 12.2. The number of carbonyl (C=O) groups is 1. The summed E-state index contributed by atoms with van der Waals surface area (Å²) < 4.78 is 5.60. The van der Waals surface area contributed by atoms with Crippen LogP contribution in [0.5, 0.6) is 5.75 Å². The zero-order valence-electron chi connectivity index (χ0n) is 12.1. The molecule has 2 aromatic rings. The van der Waals surface area contributed by atoms with Crippen LogP contribution in [0, 0.1) is 6.92 Å². The van der Waals surface area contributed by atoms with E-state index in [1.165, 1.54) is 4.90 Å². The third-order valence-corrected chi connectivity index (χ3v) is 3.12. The Morgan fingerprint density at radius 2 is 2.10 bits per heavy atom. The van der Waals surface area contributed by atoms with Crippen molar-refractivity contribution in [2.45, 2.75) is 26.5 Å². The maximum absolute atomic E-state index is 12.2. The first-order chi connectivity index (χ1) is 9.95. The second kappa shape index (κ2) is 6.58. The van der Waals surface area contributed by atoms with Crippen LogP contribution in [-0.4, -0.2) is 39.1 Å². The average molecular weight is 309 g/mol. The number of rotatable bonds is 5. The van der Waals surface area contributed by atoms with E-state index in [2.05, 4.69) is 15.2 Å². The molecule has 0 aliphatic heterocycles. The predicted molar refractivity (Wildman–Crippen MR) is 79.1 cm³/mol.